The average Bonchev–Trinajstić information content (AvgIpc) is 2.64. The molecule has 0 aromatic rings. The van der Waals surface area contributed by atoms with Crippen LogP contribution in [-0.4, -0.2) is 41.1 Å². The van der Waals surface area contributed by atoms with Crippen LogP contribution >= 0.6 is 0 Å². The second-order valence-corrected chi connectivity index (χ2v) is 5.63. The molecule has 116 valence electrons. The van der Waals surface area contributed by atoms with Gasteiger partial charge in [0, 0.05) is 19.1 Å². The van der Waals surface area contributed by atoms with Crippen LogP contribution in [0.25, 0.3) is 0 Å². The Bertz CT molecular complexity index is 314. The molecule has 2 atom stereocenters. The van der Waals surface area contributed by atoms with Gasteiger partial charge in [0.25, 0.3) is 0 Å². The summed E-state index contributed by atoms with van der Waals surface area (Å²) in [6, 6.07) is -0.328. The van der Waals surface area contributed by atoms with Crippen LogP contribution in [0, 0.1) is 5.92 Å². The molecule has 0 aromatic heterocycles. The molecule has 2 N–H and O–H groups in total. The molecule has 0 heterocycles. The van der Waals surface area contributed by atoms with Gasteiger partial charge in [-0.25, -0.2) is 4.79 Å². The van der Waals surface area contributed by atoms with Gasteiger partial charge in [-0.1, -0.05) is 33.1 Å². The van der Waals surface area contributed by atoms with Gasteiger partial charge in [0.2, 0.25) is 0 Å². The molecule has 2 amide bonds. The zero-order valence-electron chi connectivity index (χ0n) is 12.7. The van der Waals surface area contributed by atoms with E-state index in [1.807, 2.05) is 13.8 Å². The maximum absolute atomic E-state index is 12.3. The van der Waals surface area contributed by atoms with Crippen LogP contribution in [0.2, 0.25) is 0 Å². The van der Waals surface area contributed by atoms with E-state index < -0.39 is 11.9 Å². The number of nitrogens with zero attached hydrogens (tertiary/aromatic N) is 1. The van der Waals surface area contributed by atoms with Crippen molar-refractivity contribution in [2.45, 2.75) is 64.8 Å². The number of nitrogens with one attached hydrogen (secondary N) is 1. The van der Waals surface area contributed by atoms with E-state index in [-0.39, 0.29) is 12.1 Å². The van der Waals surface area contributed by atoms with Crippen LogP contribution in [0.15, 0.2) is 0 Å². The van der Waals surface area contributed by atoms with E-state index in [0.717, 1.165) is 51.6 Å². The van der Waals surface area contributed by atoms with E-state index >= 15 is 0 Å². The standard InChI is InChI=1S/C15H28N2O3/c1-3-10-17(11-4-2)15(20)16-13-9-7-5-6-8-12(13)14(18)19/h12-13H,3-11H2,1-2H3,(H,16,20)(H,18,19). The van der Waals surface area contributed by atoms with Crippen molar-refractivity contribution < 1.29 is 14.7 Å². The summed E-state index contributed by atoms with van der Waals surface area (Å²) in [4.78, 5) is 25.4. The third-order valence-electron chi connectivity index (χ3n) is 3.92. The lowest BCUT2D eigenvalue weighted by atomic mass is 9.95. The molecule has 1 aliphatic carbocycles. The summed E-state index contributed by atoms with van der Waals surface area (Å²) in [7, 11) is 0. The lowest BCUT2D eigenvalue weighted by Gasteiger charge is -2.28. The van der Waals surface area contributed by atoms with Crippen molar-refractivity contribution in [3.63, 3.8) is 0 Å². The van der Waals surface area contributed by atoms with E-state index in [0.29, 0.717) is 6.42 Å². The van der Waals surface area contributed by atoms with Crippen molar-refractivity contribution in [1.29, 1.82) is 0 Å². The average molecular weight is 284 g/mol. The van der Waals surface area contributed by atoms with Crippen molar-refractivity contribution in [2.75, 3.05) is 13.1 Å². The summed E-state index contributed by atoms with van der Waals surface area (Å²) in [6.45, 7) is 5.54. The van der Waals surface area contributed by atoms with Crippen LogP contribution < -0.4 is 5.32 Å². The molecule has 1 rings (SSSR count). The highest BCUT2D eigenvalue weighted by Gasteiger charge is 2.31. The van der Waals surface area contributed by atoms with Crippen molar-refractivity contribution in [3.05, 3.63) is 0 Å². The lowest BCUT2D eigenvalue weighted by Crippen LogP contribution is -2.49. The molecule has 1 saturated carbocycles. The van der Waals surface area contributed by atoms with Gasteiger partial charge in [-0.05, 0) is 25.7 Å². The van der Waals surface area contributed by atoms with Gasteiger partial charge in [0.1, 0.15) is 0 Å². The Morgan fingerprint density at radius 3 is 2.25 bits per heavy atom. The molecule has 1 fully saturated rings. The summed E-state index contributed by atoms with van der Waals surface area (Å²) >= 11 is 0. The largest absolute Gasteiger partial charge is 0.481 e. The van der Waals surface area contributed by atoms with Gasteiger partial charge in [-0.3, -0.25) is 4.79 Å². The predicted molar refractivity (Wildman–Crippen MR) is 78.7 cm³/mol. The van der Waals surface area contributed by atoms with Crippen LogP contribution in [0.5, 0.6) is 0 Å². The Balaban J connectivity index is 2.65. The number of hydrogen-bond acceptors (Lipinski definition) is 2. The van der Waals surface area contributed by atoms with Crippen molar-refractivity contribution in [3.8, 4) is 0 Å². The Morgan fingerprint density at radius 1 is 1.10 bits per heavy atom. The van der Waals surface area contributed by atoms with E-state index in [1.165, 1.54) is 0 Å². The first-order valence-electron chi connectivity index (χ1n) is 7.88. The Morgan fingerprint density at radius 2 is 1.70 bits per heavy atom. The van der Waals surface area contributed by atoms with Crippen molar-refractivity contribution in [2.24, 2.45) is 5.92 Å². The molecule has 0 spiro atoms. The zero-order chi connectivity index (χ0) is 15.0. The number of rotatable bonds is 6. The summed E-state index contributed by atoms with van der Waals surface area (Å²) < 4.78 is 0. The molecule has 5 heteroatoms. The Kier molecular flexibility index (Phi) is 7.41. The fourth-order valence-corrected chi connectivity index (χ4v) is 2.88. The quantitative estimate of drug-likeness (QED) is 0.737. The monoisotopic (exact) mass is 284 g/mol. The highest BCUT2D eigenvalue weighted by molar-refractivity contribution is 5.77. The number of aliphatic carboxylic acids is 1. The molecule has 5 nitrogen and oxygen atoms in total. The number of carboxylic acids is 1. The molecule has 20 heavy (non-hydrogen) atoms. The SMILES string of the molecule is CCCN(CCC)C(=O)NC1CCCCCC1C(=O)O. The molecule has 0 aromatic carbocycles. The fraction of sp³-hybridized carbons (Fsp3) is 0.867. The van der Waals surface area contributed by atoms with Crippen LogP contribution in [0.4, 0.5) is 4.79 Å². The maximum Gasteiger partial charge on any atom is 0.317 e. The number of carbonyl (C=O) groups is 2. The van der Waals surface area contributed by atoms with E-state index in [2.05, 4.69) is 5.32 Å². The maximum atomic E-state index is 12.3. The minimum Gasteiger partial charge on any atom is -0.481 e. The lowest BCUT2D eigenvalue weighted by molar-refractivity contribution is -0.142. The van der Waals surface area contributed by atoms with E-state index in [9.17, 15) is 14.7 Å². The molecular weight excluding hydrogens is 256 g/mol. The second kappa shape index (κ2) is 8.82. The normalized spacial score (nSPS) is 22.9. The minimum absolute atomic E-state index is 0.105. The van der Waals surface area contributed by atoms with Gasteiger partial charge in [-0.15, -0.1) is 0 Å². The van der Waals surface area contributed by atoms with Gasteiger partial charge in [0.15, 0.2) is 0 Å². The molecule has 2 unspecified atom stereocenters. The molecule has 1 aliphatic rings. The highest BCUT2D eigenvalue weighted by atomic mass is 16.4. The number of carboxylic acid groups (broad SMARTS) is 1. The van der Waals surface area contributed by atoms with Gasteiger partial charge >= 0.3 is 12.0 Å². The Hall–Kier alpha value is -1.26. The van der Waals surface area contributed by atoms with Crippen molar-refractivity contribution >= 4 is 12.0 Å². The van der Waals surface area contributed by atoms with E-state index in [1.54, 1.807) is 4.90 Å². The number of carbonyl (C=O) groups excluding carboxylic acids is 1. The molecule has 0 aliphatic heterocycles. The molecule has 0 saturated heterocycles. The summed E-state index contributed by atoms with van der Waals surface area (Å²) in [6.07, 6.45) is 6.27. The highest BCUT2D eigenvalue weighted by Crippen LogP contribution is 2.24. The second-order valence-electron chi connectivity index (χ2n) is 5.63. The van der Waals surface area contributed by atoms with Gasteiger partial charge in [0.05, 0.1) is 5.92 Å². The molecular formula is C15H28N2O3. The first-order valence-corrected chi connectivity index (χ1v) is 7.88. The van der Waals surface area contributed by atoms with Crippen LogP contribution in [0.1, 0.15) is 58.8 Å². The fourth-order valence-electron chi connectivity index (χ4n) is 2.88. The predicted octanol–water partition coefficient (Wildman–Crippen LogP) is 2.85. The van der Waals surface area contributed by atoms with Crippen molar-refractivity contribution in [1.82, 2.24) is 10.2 Å². The van der Waals surface area contributed by atoms with Crippen LogP contribution in [0.3, 0.4) is 0 Å². The summed E-state index contributed by atoms with van der Waals surface area (Å²) in [5, 5.41) is 12.3. The summed E-state index contributed by atoms with van der Waals surface area (Å²) in [5.41, 5.74) is 0. The van der Waals surface area contributed by atoms with Gasteiger partial charge in [-0.2, -0.15) is 0 Å². The number of amides is 2. The number of urea groups is 1. The third kappa shape index (κ3) is 5.02. The smallest absolute Gasteiger partial charge is 0.317 e. The third-order valence-corrected chi connectivity index (χ3v) is 3.92. The Labute approximate surface area is 121 Å². The topological polar surface area (TPSA) is 69.6 Å². The first-order chi connectivity index (χ1) is 9.60. The molecule has 0 bridgehead atoms. The van der Waals surface area contributed by atoms with Crippen LogP contribution in [-0.2, 0) is 4.79 Å². The van der Waals surface area contributed by atoms with Gasteiger partial charge < -0.3 is 15.3 Å². The first kappa shape index (κ1) is 16.8. The van der Waals surface area contributed by atoms with E-state index in [4.69, 9.17) is 0 Å². The molecule has 0 radical (unpaired) electrons. The zero-order valence-corrected chi connectivity index (χ0v) is 12.7. The number of hydrogen-bond donors (Lipinski definition) is 2. The minimum atomic E-state index is -0.783. The summed E-state index contributed by atoms with van der Waals surface area (Å²) in [5.74, 6) is -1.22.